The molecule has 15 heavy (non-hydrogen) atoms. The Kier molecular flexibility index (Phi) is 8.19. The van der Waals surface area contributed by atoms with Gasteiger partial charge in [-0.1, -0.05) is 60.8 Å². The molecule has 0 heterocycles. The average molecular weight is 212 g/mol. The first kappa shape index (κ1) is 15.0. The van der Waals surface area contributed by atoms with Gasteiger partial charge in [-0.25, -0.2) is 0 Å². The van der Waals surface area contributed by atoms with Gasteiger partial charge in [0.25, 0.3) is 0 Å². The van der Waals surface area contributed by atoms with Crippen molar-refractivity contribution in [1.82, 2.24) is 0 Å². The van der Waals surface area contributed by atoms with Gasteiger partial charge in [-0.2, -0.15) is 0 Å². The molecule has 0 nitrogen and oxygen atoms in total. The standard InChI is InChI=1S/C15H32/c1-7-12(4)10-13(5)11-15(9-3)14(6)8-2/h12-15H,7-11H2,1-6H3. The highest BCUT2D eigenvalue weighted by Gasteiger charge is 2.17. The van der Waals surface area contributed by atoms with Crippen LogP contribution < -0.4 is 0 Å². The molecule has 4 atom stereocenters. The average Bonchev–Trinajstić information content (AvgIpc) is 2.24. The van der Waals surface area contributed by atoms with E-state index in [0.29, 0.717) is 0 Å². The maximum Gasteiger partial charge on any atom is -0.0389 e. The van der Waals surface area contributed by atoms with Crippen molar-refractivity contribution in [3.63, 3.8) is 0 Å². The Balaban J connectivity index is 3.95. The summed E-state index contributed by atoms with van der Waals surface area (Å²) in [6.45, 7) is 14.2. The summed E-state index contributed by atoms with van der Waals surface area (Å²) in [5, 5.41) is 0. The van der Waals surface area contributed by atoms with Gasteiger partial charge in [0.2, 0.25) is 0 Å². The zero-order valence-electron chi connectivity index (χ0n) is 11.8. The zero-order chi connectivity index (χ0) is 11.8. The van der Waals surface area contributed by atoms with E-state index in [-0.39, 0.29) is 0 Å². The van der Waals surface area contributed by atoms with Gasteiger partial charge in [0.1, 0.15) is 0 Å². The lowest BCUT2D eigenvalue weighted by molar-refractivity contribution is 0.253. The summed E-state index contributed by atoms with van der Waals surface area (Å²) < 4.78 is 0. The summed E-state index contributed by atoms with van der Waals surface area (Å²) in [4.78, 5) is 0. The first-order valence-corrected chi connectivity index (χ1v) is 7.04. The van der Waals surface area contributed by atoms with Gasteiger partial charge >= 0.3 is 0 Å². The summed E-state index contributed by atoms with van der Waals surface area (Å²) in [7, 11) is 0. The largest absolute Gasteiger partial charge is 0.0651 e. The van der Waals surface area contributed by atoms with Gasteiger partial charge in [0.05, 0.1) is 0 Å². The number of hydrogen-bond acceptors (Lipinski definition) is 0. The molecule has 0 aliphatic heterocycles. The predicted octanol–water partition coefficient (Wildman–Crippen LogP) is 5.52. The summed E-state index contributed by atoms with van der Waals surface area (Å²) in [6, 6.07) is 0. The van der Waals surface area contributed by atoms with Crippen LogP contribution in [0.2, 0.25) is 0 Å². The van der Waals surface area contributed by atoms with E-state index in [1.165, 1.54) is 32.1 Å². The Morgan fingerprint density at radius 1 is 0.667 bits per heavy atom. The van der Waals surface area contributed by atoms with Crippen LogP contribution >= 0.6 is 0 Å². The second-order valence-electron chi connectivity index (χ2n) is 5.64. The Labute approximate surface area is 97.8 Å². The van der Waals surface area contributed by atoms with Gasteiger partial charge in [0, 0.05) is 0 Å². The van der Waals surface area contributed by atoms with E-state index in [0.717, 1.165) is 23.7 Å². The predicted molar refractivity (Wildman–Crippen MR) is 71.1 cm³/mol. The van der Waals surface area contributed by atoms with Gasteiger partial charge in [-0.3, -0.25) is 0 Å². The SMILES string of the molecule is CCC(C)CC(C)CC(CC)C(C)CC. The Hall–Kier alpha value is 0. The first-order valence-electron chi connectivity index (χ1n) is 7.04. The van der Waals surface area contributed by atoms with Crippen LogP contribution in [-0.4, -0.2) is 0 Å². The second kappa shape index (κ2) is 8.19. The lowest BCUT2D eigenvalue weighted by Gasteiger charge is -2.26. The molecule has 0 amide bonds. The van der Waals surface area contributed by atoms with E-state index < -0.39 is 0 Å². The fraction of sp³-hybridized carbons (Fsp3) is 1.00. The molecule has 0 saturated carbocycles. The first-order chi connectivity index (χ1) is 7.04. The molecular weight excluding hydrogens is 180 g/mol. The van der Waals surface area contributed by atoms with E-state index in [9.17, 15) is 0 Å². The third kappa shape index (κ3) is 6.22. The van der Waals surface area contributed by atoms with Gasteiger partial charge in [0.15, 0.2) is 0 Å². The normalized spacial score (nSPS) is 19.6. The minimum absolute atomic E-state index is 0.911. The summed E-state index contributed by atoms with van der Waals surface area (Å²) in [5.41, 5.74) is 0. The third-order valence-corrected chi connectivity index (χ3v) is 4.18. The van der Waals surface area contributed by atoms with Gasteiger partial charge < -0.3 is 0 Å². The van der Waals surface area contributed by atoms with Crippen molar-refractivity contribution in [3.05, 3.63) is 0 Å². The van der Waals surface area contributed by atoms with E-state index in [1.54, 1.807) is 0 Å². The quantitative estimate of drug-likeness (QED) is 0.497. The molecule has 0 saturated heterocycles. The minimum Gasteiger partial charge on any atom is -0.0651 e. The lowest BCUT2D eigenvalue weighted by atomic mass is 9.80. The van der Waals surface area contributed by atoms with Crippen molar-refractivity contribution >= 4 is 0 Å². The molecule has 0 aliphatic carbocycles. The highest BCUT2D eigenvalue weighted by atomic mass is 14.2. The Bertz CT molecular complexity index is 139. The smallest absolute Gasteiger partial charge is 0.0389 e. The Morgan fingerprint density at radius 2 is 1.27 bits per heavy atom. The molecule has 92 valence electrons. The lowest BCUT2D eigenvalue weighted by Crippen LogP contribution is -2.15. The molecule has 0 radical (unpaired) electrons. The molecule has 0 rings (SSSR count). The molecular formula is C15H32. The third-order valence-electron chi connectivity index (χ3n) is 4.18. The summed E-state index contributed by atoms with van der Waals surface area (Å²) in [5.74, 6) is 3.69. The molecule has 4 unspecified atom stereocenters. The Morgan fingerprint density at radius 3 is 1.67 bits per heavy atom. The molecule has 0 aromatic heterocycles. The summed E-state index contributed by atoms with van der Waals surface area (Å²) >= 11 is 0. The van der Waals surface area contributed by atoms with Crippen LogP contribution in [0.3, 0.4) is 0 Å². The topological polar surface area (TPSA) is 0 Å². The van der Waals surface area contributed by atoms with Crippen LogP contribution in [0, 0.1) is 23.7 Å². The van der Waals surface area contributed by atoms with Crippen LogP contribution in [0.15, 0.2) is 0 Å². The number of hydrogen-bond donors (Lipinski definition) is 0. The fourth-order valence-corrected chi connectivity index (χ4v) is 2.60. The van der Waals surface area contributed by atoms with E-state index in [1.807, 2.05) is 0 Å². The van der Waals surface area contributed by atoms with Crippen LogP contribution in [0.4, 0.5) is 0 Å². The van der Waals surface area contributed by atoms with Gasteiger partial charge in [-0.15, -0.1) is 0 Å². The van der Waals surface area contributed by atoms with Crippen molar-refractivity contribution < 1.29 is 0 Å². The van der Waals surface area contributed by atoms with Crippen LogP contribution in [0.25, 0.3) is 0 Å². The van der Waals surface area contributed by atoms with Crippen molar-refractivity contribution in [2.24, 2.45) is 23.7 Å². The van der Waals surface area contributed by atoms with Crippen LogP contribution in [-0.2, 0) is 0 Å². The molecule has 0 spiro atoms. The van der Waals surface area contributed by atoms with E-state index in [2.05, 4.69) is 41.5 Å². The molecule has 0 fully saturated rings. The van der Waals surface area contributed by atoms with Crippen molar-refractivity contribution in [2.75, 3.05) is 0 Å². The maximum atomic E-state index is 2.44. The van der Waals surface area contributed by atoms with Crippen molar-refractivity contribution in [1.29, 1.82) is 0 Å². The molecule has 0 N–H and O–H groups in total. The minimum atomic E-state index is 0.911. The van der Waals surface area contributed by atoms with Crippen LogP contribution in [0.1, 0.15) is 73.6 Å². The summed E-state index contributed by atoms with van der Waals surface area (Å²) in [6.07, 6.45) is 6.90. The molecule has 0 aliphatic rings. The highest BCUT2D eigenvalue weighted by Crippen LogP contribution is 2.29. The van der Waals surface area contributed by atoms with E-state index >= 15 is 0 Å². The number of rotatable bonds is 8. The fourth-order valence-electron chi connectivity index (χ4n) is 2.60. The molecule has 0 aromatic rings. The zero-order valence-corrected chi connectivity index (χ0v) is 11.8. The van der Waals surface area contributed by atoms with Crippen LogP contribution in [0.5, 0.6) is 0 Å². The molecule has 0 heteroatoms. The van der Waals surface area contributed by atoms with E-state index in [4.69, 9.17) is 0 Å². The molecule has 0 bridgehead atoms. The van der Waals surface area contributed by atoms with Crippen molar-refractivity contribution in [2.45, 2.75) is 73.6 Å². The monoisotopic (exact) mass is 212 g/mol. The highest BCUT2D eigenvalue weighted by molar-refractivity contribution is 4.69. The maximum absolute atomic E-state index is 2.44. The second-order valence-corrected chi connectivity index (χ2v) is 5.64. The van der Waals surface area contributed by atoms with Crippen molar-refractivity contribution in [3.8, 4) is 0 Å². The molecule has 0 aromatic carbocycles. The van der Waals surface area contributed by atoms with Gasteiger partial charge in [-0.05, 0) is 36.5 Å².